The summed E-state index contributed by atoms with van der Waals surface area (Å²) in [6.45, 7) is 3.67. The number of aryl methyl sites for hydroxylation is 1. The van der Waals surface area contributed by atoms with E-state index >= 15 is 0 Å². The third-order valence-electron chi connectivity index (χ3n) is 3.48. The Bertz CT molecular complexity index is 459. The summed E-state index contributed by atoms with van der Waals surface area (Å²) in [5, 5.41) is 0. The Labute approximate surface area is 106 Å². The first kappa shape index (κ1) is 13.0. The number of hydrogen-bond donors (Lipinski definition) is 0. The van der Waals surface area contributed by atoms with E-state index < -0.39 is 12.0 Å². The van der Waals surface area contributed by atoms with Gasteiger partial charge in [0, 0.05) is 31.0 Å². The number of carbonyl (C=O) groups excluding carboxylic acids is 1. The highest BCUT2D eigenvalue weighted by Gasteiger charge is 2.40. The number of likely N-dealkylation sites (tertiary alicyclic amines) is 1. The second-order valence-electron chi connectivity index (χ2n) is 4.97. The molecule has 2 nitrogen and oxygen atoms in total. The van der Waals surface area contributed by atoms with Gasteiger partial charge in [-0.15, -0.1) is 0 Å². The number of nitrogens with zero attached hydrogens (tertiary/aromatic N) is 1. The van der Waals surface area contributed by atoms with Crippen LogP contribution in [-0.4, -0.2) is 29.3 Å². The maximum atomic E-state index is 13.2. The normalized spacial score (nSPS) is 22.9. The molecule has 1 fully saturated rings. The van der Waals surface area contributed by atoms with Crippen LogP contribution in [0.1, 0.15) is 35.7 Å². The number of hydrogen-bond acceptors (Lipinski definition) is 1. The second-order valence-corrected chi connectivity index (χ2v) is 4.97. The predicted molar refractivity (Wildman–Crippen MR) is 65.9 cm³/mol. The van der Waals surface area contributed by atoms with Gasteiger partial charge in [0.2, 0.25) is 0 Å². The van der Waals surface area contributed by atoms with E-state index in [1.807, 2.05) is 19.1 Å². The van der Waals surface area contributed by atoms with E-state index in [1.165, 1.54) is 0 Å². The van der Waals surface area contributed by atoms with Crippen molar-refractivity contribution >= 4 is 5.91 Å². The van der Waals surface area contributed by atoms with Crippen LogP contribution >= 0.6 is 0 Å². The molecule has 0 spiro atoms. The molecule has 1 aliphatic rings. The van der Waals surface area contributed by atoms with Crippen LogP contribution in [0, 0.1) is 6.92 Å². The van der Waals surface area contributed by atoms with Crippen LogP contribution in [0.5, 0.6) is 0 Å². The molecule has 98 valence electrons. The molecule has 1 amide bonds. The summed E-state index contributed by atoms with van der Waals surface area (Å²) in [7, 11) is 0. The van der Waals surface area contributed by atoms with Crippen LogP contribution in [0.3, 0.4) is 0 Å². The fourth-order valence-corrected chi connectivity index (χ4v) is 2.42. The number of amides is 1. The molecule has 1 aromatic carbocycles. The van der Waals surface area contributed by atoms with E-state index in [0.717, 1.165) is 5.56 Å². The minimum Gasteiger partial charge on any atom is -0.335 e. The molecule has 4 heteroatoms. The molecule has 0 radical (unpaired) electrons. The maximum Gasteiger partial charge on any atom is 0.254 e. The number of piperidine rings is 1. The van der Waals surface area contributed by atoms with Crippen LogP contribution in [0.4, 0.5) is 8.78 Å². The lowest BCUT2D eigenvalue weighted by atomic mass is 9.98. The van der Waals surface area contributed by atoms with E-state index in [1.54, 1.807) is 24.0 Å². The van der Waals surface area contributed by atoms with Gasteiger partial charge in [-0.25, -0.2) is 8.78 Å². The average Bonchev–Trinajstić information content (AvgIpc) is 2.27. The average molecular weight is 253 g/mol. The lowest BCUT2D eigenvalue weighted by molar-refractivity contribution is -0.0664. The van der Waals surface area contributed by atoms with Crippen molar-refractivity contribution in [3.63, 3.8) is 0 Å². The van der Waals surface area contributed by atoms with Gasteiger partial charge < -0.3 is 4.90 Å². The van der Waals surface area contributed by atoms with E-state index in [2.05, 4.69) is 0 Å². The van der Waals surface area contributed by atoms with E-state index in [4.69, 9.17) is 0 Å². The summed E-state index contributed by atoms with van der Waals surface area (Å²) < 4.78 is 26.5. The Morgan fingerprint density at radius 2 is 2.06 bits per heavy atom. The Balaban J connectivity index is 2.18. The molecule has 18 heavy (non-hydrogen) atoms. The van der Waals surface area contributed by atoms with Crippen LogP contribution in [0.2, 0.25) is 0 Å². The SMILES string of the molecule is Cc1ccccc1C(=O)N1CCC(F)(F)CC1C. The summed E-state index contributed by atoms with van der Waals surface area (Å²) in [5.74, 6) is -2.78. The van der Waals surface area contributed by atoms with Crippen molar-refractivity contribution in [3.05, 3.63) is 35.4 Å². The van der Waals surface area contributed by atoms with E-state index in [0.29, 0.717) is 5.56 Å². The first-order chi connectivity index (χ1) is 8.41. The summed E-state index contributed by atoms with van der Waals surface area (Å²) >= 11 is 0. The third-order valence-corrected chi connectivity index (χ3v) is 3.48. The highest BCUT2D eigenvalue weighted by molar-refractivity contribution is 5.95. The standard InChI is InChI=1S/C14H17F2NO/c1-10-5-3-4-6-12(10)13(18)17-8-7-14(15,16)9-11(17)2/h3-6,11H,7-9H2,1-2H3. The molecule has 1 saturated heterocycles. The quantitative estimate of drug-likeness (QED) is 0.752. The van der Waals surface area contributed by atoms with Gasteiger partial charge in [0.15, 0.2) is 0 Å². The number of halogens is 2. The Morgan fingerprint density at radius 1 is 1.39 bits per heavy atom. The zero-order valence-electron chi connectivity index (χ0n) is 10.6. The van der Waals surface area contributed by atoms with Gasteiger partial charge >= 0.3 is 0 Å². The molecule has 0 bridgehead atoms. The van der Waals surface area contributed by atoms with Crippen LogP contribution in [-0.2, 0) is 0 Å². The van der Waals surface area contributed by atoms with Gasteiger partial charge in [-0.05, 0) is 25.5 Å². The lowest BCUT2D eigenvalue weighted by Crippen LogP contribution is -2.48. The molecular weight excluding hydrogens is 236 g/mol. The second kappa shape index (κ2) is 4.67. The zero-order chi connectivity index (χ0) is 13.3. The van der Waals surface area contributed by atoms with Crippen LogP contribution in [0.25, 0.3) is 0 Å². The first-order valence-electron chi connectivity index (χ1n) is 6.15. The molecule has 1 aromatic rings. The monoisotopic (exact) mass is 253 g/mol. The minimum atomic E-state index is -2.64. The van der Waals surface area contributed by atoms with Gasteiger partial charge in [-0.2, -0.15) is 0 Å². The molecule has 1 unspecified atom stereocenters. The van der Waals surface area contributed by atoms with E-state index in [-0.39, 0.29) is 25.3 Å². The van der Waals surface area contributed by atoms with Crippen molar-refractivity contribution in [3.8, 4) is 0 Å². The lowest BCUT2D eigenvalue weighted by Gasteiger charge is -2.37. The van der Waals surface area contributed by atoms with Crippen molar-refractivity contribution in [1.29, 1.82) is 0 Å². The van der Waals surface area contributed by atoms with Gasteiger partial charge in [0.05, 0.1) is 0 Å². The molecule has 2 rings (SSSR count). The van der Waals surface area contributed by atoms with Crippen molar-refractivity contribution in [2.75, 3.05) is 6.54 Å². The number of rotatable bonds is 1. The van der Waals surface area contributed by atoms with Crippen molar-refractivity contribution in [2.24, 2.45) is 0 Å². The van der Waals surface area contributed by atoms with Gasteiger partial charge in [-0.3, -0.25) is 4.79 Å². The van der Waals surface area contributed by atoms with Crippen LogP contribution < -0.4 is 0 Å². The smallest absolute Gasteiger partial charge is 0.254 e. The Morgan fingerprint density at radius 3 is 2.67 bits per heavy atom. The van der Waals surface area contributed by atoms with Crippen molar-refractivity contribution in [1.82, 2.24) is 4.90 Å². The third kappa shape index (κ3) is 2.52. The largest absolute Gasteiger partial charge is 0.335 e. The summed E-state index contributed by atoms with van der Waals surface area (Å²) in [4.78, 5) is 13.9. The summed E-state index contributed by atoms with van der Waals surface area (Å²) in [5.41, 5.74) is 1.49. The topological polar surface area (TPSA) is 20.3 Å². The molecule has 1 atom stereocenters. The first-order valence-corrected chi connectivity index (χ1v) is 6.15. The van der Waals surface area contributed by atoms with Crippen molar-refractivity contribution < 1.29 is 13.6 Å². The molecule has 0 N–H and O–H groups in total. The maximum absolute atomic E-state index is 13.2. The van der Waals surface area contributed by atoms with Crippen molar-refractivity contribution in [2.45, 2.75) is 38.7 Å². The molecule has 0 saturated carbocycles. The summed E-state index contributed by atoms with van der Waals surface area (Å²) in [6, 6.07) is 6.84. The highest BCUT2D eigenvalue weighted by Crippen LogP contribution is 2.32. The molecule has 1 aliphatic heterocycles. The molecule has 1 heterocycles. The van der Waals surface area contributed by atoms with Gasteiger partial charge in [0.1, 0.15) is 0 Å². The Kier molecular flexibility index (Phi) is 3.37. The summed E-state index contributed by atoms with van der Waals surface area (Å²) in [6.07, 6.45) is -0.487. The molecular formula is C14H17F2NO. The van der Waals surface area contributed by atoms with Gasteiger partial charge in [-0.1, -0.05) is 18.2 Å². The minimum absolute atomic E-state index is 0.126. The molecule has 0 aliphatic carbocycles. The fraction of sp³-hybridized carbons (Fsp3) is 0.500. The van der Waals surface area contributed by atoms with E-state index in [9.17, 15) is 13.6 Å². The van der Waals surface area contributed by atoms with Crippen LogP contribution in [0.15, 0.2) is 24.3 Å². The van der Waals surface area contributed by atoms with Gasteiger partial charge in [0.25, 0.3) is 11.8 Å². The number of carbonyl (C=O) groups is 1. The number of alkyl halides is 2. The molecule has 0 aromatic heterocycles. The number of benzene rings is 1. The zero-order valence-corrected chi connectivity index (χ0v) is 10.6. The predicted octanol–water partition coefficient (Wildman–Crippen LogP) is 3.25. The fourth-order valence-electron chi connectivity index (χ4n) is 2.42. The highest BCUT2D eigenvalue weighted by atomic mass is 19.3. The Hall–Kier alpha value is -1.45.